The minimum absolute atomic E-state index is 0.133. The predicted molar refractivity (Wildman–Crippen MR) is 110 cm³/mol. The van der Waals surface area contributed by atoms with Gasteiger partial charge in [0.05, 0.1) is 15.5 Å². The van der Waals surface area contributed by atoms with Crippen molar-refractivity contribution in [2.75, 3.05) is 10.0 Å². The number of hydrogen-bond acceptors (Lipinski definition) is 4. The lowest BCUT2D eigenvalue weighted by Crippen LogP contribution is -2.14. The predicted octanol–water partition coefficient (Wildman–Crippen LogP) is 4.67. The van der Waals surface area contributed by atoms with Gasteiger partial charge in [-0.15, -0.1) is 11.3 Å². The molecule has 0 radical (unpaired) electrons. The standard InChI is InChI=1S/C20H20N2O3S2/c1-3-16-10-13-19(26-16)20(23)21-15-8-11-17(12-9-15)27(24,25)22-18-7-5-4-6-14(18)2/h4-13,22H,3H2,1-2H3,(H,21,23). The van der Waals surface area contributed by atoms with Gasteiger partial charge in [-0.3, -0.25) is 9.52 Å². The van der Waals surface area contributed by atoms with Gasteiger partial charge in [0.1, 0.15) is 0 Å². The molecule has 0 unspecified atom stereocenters. The van der Waals surface area contributed by atoms with E-state index in [1.54, 1.807) is 30.3 Å². The smallest absolute Gasteiger partial charge is 0.265 e. The molecule has 7 heteroatoms. The van der Waals surface area contributed by atoms with E-state index in [9.17, 15) is 13.2 Å². The fourth-order valence-corrected chi connectivity index (χ4v) is 4.46. The fraction of sp³-hybridized carbons (Fsp3) is 0.150. The molecule has 0 bridgehead atoms. The second-order valence-corrected chi connectivity index (χ2v) is 8.87. The summed E-state index contributed by atoms with van der Waals surface area (Å²) in [6.07, 6.45) is 0.887. The highest BCUT2D eigenvalue weighted by atomic mass is 32.2. The molecule has 1 heterocycles. The van der Waals surface area contributed by atoms with Gasteiger partial charge in [-0.2, -0.15) is 0 Å². The van der Waals surface area contributed by atoms with Crippen LogP contribution in [0.25, 0.3) is 0 Å². The van der Waals surface area contributed by atoms with Crippen molar-refractivity contribution in [1.29, 1.82) is 0 Å². The first-order valence-electron chi connectivity index (χ1n) is 8.47. The lowest BCUT2D eigenvalue weighted by Gasteiger charge is -2.11. The average molecular weight is 401 g/mol. The third-order valence-electron chi connectivity index (χ3n) is 4.05. The highest BCUT2D eigenvalue weighted by Gasteiger charge is 2.15. The van der Waals surface area contributed by atoms with Crippen molar-refractivity contribution in [3.63, 3.8) is 0 Å². The summed E-state index contributed by atoms with van der Waals surface area (Å²) < 4.78 is 27.7. The number of carbonyl (C=O) groups excluding carboxylic acids is 1. The Morgan fingerprint density at radius 2 is 1.70 bits per heavy atom. The molecule has 1 aromatic heterocycles. The van der Waals surface area contributed by atoms with Crippen LogP contribution < -0.4 is 10.0 Å². The van der Waals surface area contributed by atoms with Crippen molar-refractivity contribution >= 4 is 38.6 Å². The summed E-state index contributed by atoms with van der Waals surface area (Å²) in [5.41, 5.74) is 1.92. The molecule has 0 saturated heterocycles. The van der Waals surface area contributed by atoms with Gasteiger partial charge >= 0.3 is 0 Å². The molecule has 27 heavy (non-hydrogen) atoms. The maximum atomic E-state index is 12.5. The monoisotopic (exact) mass is 400 g/mol. The van der Waals surface area contributed by atoms with Crippen molar-refractivity contribution in [2.45, 2.75) is 25.2 Å². The summed E-state index contributed by atoms with van der Waals surface area (Å²) in [6.45, 7) is 3.88. The van der Waals surface area contributed by atoms with Crippen LogP contribution in [0.5, 0.6) is 0 Å². The maximum Gasteiger partial charge on any atom is 0.265 e. The molecule has 0 spiro atoms. The SMILES string of the molecule is CCc1ccc(C(=O)Nc2ccc(S(=O)(=O)Nc3ccccc3C)cc2)s1. The molecule has 2 N–H and O–H groups in total. The van der Waals surface area contributed by atoms with Gasteiger partial charge < -0.3 is 5.32 Å². The Morgan fingerprint density at radius 3 is 2.33 bits per heavy atom. The molecule has 3 aromatic rings. The van der Waals surface area contributed by atoms with E-state index in [2.05, 4.69) is 10.0 Å². The van der Waals surface area contributed by atoms with Crippen molar-refractivity contribution in [1.82, 2.24) is 0 Å². The summed E-state index contributed by atoms with van der Waals surface area (Å²) in [5.74, 6) is -0.201. The lowest BCUT2D eigenvalue weighted by molar-refractivity contribution is 0.103. The molecule has 140 valence electrons. The number of hydrogen-bond donors (Lipinski definition) is 2. The molecular weight excluding hydrogens is 380 g/mol. The topological polar surface area (TPSA) is 75.3 Å². The maximum absolute atomic E-state index is 12.5. The van der Waals surface area contributed by atoms with E-state index in [-0.39, 0.29) is 10.8 Å². The Morgan fingerprint density at radius 1 is 1.00 bits per heavy atom. The first kappa shape index (κ1) is 19.1. The van der Waals surface area contributed by atoms with Crippen LogP contribution in [0.2, 0.25) is 0 Å². The number of sulfonamides is 1. The van der Waals surface area contributed by atoms with Crippen LogP contribution in [0.4, 0.5) is 11.4 Å². The van der Waals surface area contributed by atoms with Crippen LogP contribution in [0.1, 0.15) is 27.0 Å². The quantitative estimate of drug-likeness (QED) is 0.631. The first-order valence-corrected chi connectivity index (χ1v) is 10.8. The van der Waals surface area contributed by atoms with Gasteiger partial charge in [0.2, 0.25) is 0 Å². The summed E-state index contributed by atoms with van der Waals surface area (Å²) in [5, 5.41) is 2.79. The van der Waals surface area contributed by atoms with E-state index in [1.807, 2.05) is 32.0 Å². The number of rotatable bonds is 6. The normalized spacial score (nSPS) is 11.2. The number of para-hydroxylation sites is 1. The first-order chi connectivity index (χ1) is 12.9. The van der Waals surface area contributed by atoms with Crippen LogP contribution in [-0.4, -0.2) is 14.3 Å². The Balaban J connectivity index is 1.72. The molecule has 1 amide bonds. The van der Waals surface area contributed by atoms with Gasteiger partial charge in [0, 0.05) is 10.6 Å². The van der Waals surface area contributed by atoms with Crippen molar-refractivity contribution in [3.8, 4) is 0 Å². The molecule has 0 saturated carbocycles. The van der Waals surface area contributed by atoms with Gasteiger partial charge in [0.15, 0.2) is 0 Å². The van der Waals surface area contributed by atoms with Crippen LogP contribution in [0, 0.1) is 6.92 Å². The van der Waals surface area contributed by atoms with E-state index in [1.165, 1.54) is 23.5 Å². The largest absolute Gasteiger partial charge is 0.321 e. The zero-order valence-electron chi connectivity index (χ0n) is 15.0. The van der Waals surface area contributed by atoms with E-state index in [0.29, 0.717) is 16.3 Å². The number of anilines is 2. The summed E-state index contributed by atoms with van der Waals surface area (Å²) >= 11 is 1.45. The lowest BCUT2D eigenvalue weighted by atomic mass is 10.2. The molecule has 2 aromatic carbocycles. The Hall–Kier alpha value is -2.64. The fourth-order valence-electron chi connectivity index (χ4n) is 2.49. The number of carbonyl (C=O) groups is 1. The highest BCUT2D eigenvalue weighted by molar-refractivity contribution is 7.92. The number of nitrogens with one attached hydrogen (secondary N) is 2. The van der Waals surface area contributed by atoms with Crippen molar-refractivity contribution in [2.24, 2.45) is 0 Å². The van der Waals surface area contributed by atoms with Crippen LogP contribution in [-0.2, 0) is 16.4 Å². The van der Waals surface area contributed by atoms with Crippen LogP contribution in [0.3, 0.4) is 0 Å². The minimum Gasteiger partial charge on any atom is -0.321 e. The van der Waals surface area contributed by atoms with Crippen molar-refractivity contribution < 1.29 is 13.2 Å². The molecule has 0 aliphatic heterocycles. The Kier molecular flexibility index (Phi) is 5.62. The second-order valence-electron chi connectivity index (χ2n) is 6.02. The number of amides is 1. The molecular formula is C20H20N2O3S2. The molecule has 0 fully saturated rings. The number of thiophene rings is 1. The molecule has 5 nitrogen and oxygen atoms in total. The molecule has 0 aliphatic rings. The number of aryl methyl sites for hydroxylation is 2. The van der Waals surface area contributed by atoms with E-state index in [4.69, 9.17) is 0 Å². The van der Waals surface area contributed by atoms with Gasteiger partial charge in [-0.25, -0.2) is 8.42 Å². The van der Waals surface area contributed by atoms with Crippen LogP contribution in [0.15, 0.2) is 65.6 Å². The third kappa shape index (κ3) is 4.56. The van der Waals surface area contributed by atoms with E-state index in [0.717, 1.165) is 16.9 Å². The number of benzene rings is 2. The highest BCUT2D eigenvalue weighted by Crippen LogP contribution is 2.22. The Bertz CT molecular complexity index is 1050. The zero-order chi connectivity index (χ0) is 19.4. The second kappa shape index (κ2) is 7.94. The zero-order valence-corrected chi connectivity index (χ0v) is 16.7. The van der Waals surface area contributed by atoms with Gasteiger partial charge in [0.25, 0.3) is 15.9 Å². The van der Waals surface area contributed by atoms with Crippen LogP contribution >= 0.6 is 11.3 Å². The van der Waals surface area contributed by atoms with Crippen molar-refractivity contribution in [3.05, 3.63) is 76.0 Å². The summed E-state index contributed by atoms with van der Waals surface area (Å²) in [6, 6.07) is 17.0. The average Bonchev–Trinajstić information content (AvgIpc) is 3.13. The minimum atomic E-state index is -3.69. The molecule has 0 aliphatic carbocycles. The van der Waals surface area contributed by atoms with E-state index < -0.39 is 10.0 Å². The van der Waals surface area contributed by atoms with Gasteiger partial charge in [-0.05, 0) is 61.4 Å². The third-order valence-corrected chi connectivity index (χ3v) is 6.66. The summed E-state index contributed by atoms with van der Waals surface area (Å²) in [7, 11) is -3.69. The summed E-state index contributed by atoms with van der Waals surface area (Å²) in [4.78, 5) is 14.2. The molecule has 0 atom stereocenters. The van der Waals surface area contributed by atoms with Gasteiger partial charge in [-0.1, -0.05) is 25.1 Å². The molecule has 3 rings (SSSR count). The van der Waals surface area contributed by atoms with E-state index >= 15 is 0 Å². The Labute approximate surface area is 163 Å².